The first-order valence-electron chi connectivity index (χ1n) is 4.14. The molecule has 0 aliphatic rings. The predicted octanol–water partition coefficient (Wildman–Crippen LogP) is 1.80. The Morgan fingerprint density at radius 3 is 2.77 bits per heavy atom. The third-order valence-corrected chi connectivity index (χ3v) is 2.15. The molecule has 0 spiro atoms. The van der Waals surface area contributed by atoms with E-state index in [4.69, 9.17) is 10.4 Å². The fourth-order valence-corrected chi connectivity index (χ4v) is 1.30. The summed E-state index contributed by atoms with van der Waals surface area (Å²) in [6.07, 6.45) is 0. The summed E-state index contributed by atoms with van der Waals surface area (Å²) in [7, 11) is 0. The monoisotopic (exact) mass is 174 g/mol. The van der Waals surface area contributed by atoms with Crippen LogP contribution in [0.2, 0.25) is 0 Å². The number of aliphatic hydroxyl groups is 1. The third kappa shape index (κ3) is 1.88. The fourth-order valence-electron chi connectivity index (χ4n) is 1.30. The summed E-state index contributed by atoms with van der Waals surface area (Å²) in [6.45, 7) is 3.80. The van der Waals surface area contributed by atoms with Gasteiger partial charge in [-0.1, -0.05) is 19.1 Å². The van der Waals surface area contributed by atoms with E-state index in [1.54, 1.807) is 6.07 Å². The van der Waals surface area contributed by atoms with Gasteiger partial charge in [0.15, 0.2) is 0 Å². The van der Waals surface area contributed by atoms with Crippen LogP contribution in [-0.2, 0) is 0 Å². The largest absolute Gasteiger partial charge is 0.395 e. The second-order valence-electron chi connectivity index (χ2n) is 3.03. The van der Waals surface area contributed by atoms with Crippen molar-refractivity contribution < 1.29 is 5.11 Å². The number of benzene rings is 1. The van der Waals surface area contributed by atoms with Crippen LogP contribution in [0.15, 0.2) is 18.2 Å². The summed E-state index contributed by atoms with van der Waals surface area (Å²) >= 11 is 0. The Kier molecular flexibility index (Phi) is 3.05. The SMILES string of the molecule is C[C](CO)c1cccc(C#N)c1C. The summed E-state index contributed by atoms with van der Waals surface area (Å²) in [4.78, 5) is 0. The molecule has 0 saturated carbocycles. The lowest BCUT2D eigenvalue weighted by Gasteiger charge is -2.11. The first-order chi connectivity index (χ1) is 6.20. The van der Waals surface area contributed by atoms with Crippen LogP contribution in [-0.4, -0.2) is 11.7 Å². The Morgan fingerprint density at radius 1 is 1.54 bits per heavy atom. The van der Waals surface area contributed by atoms with Crippen LogP contribution >= 0.6 is 0 Å². The molecule has 1 aromatic rings. The molecule has 1 N–H and O–H groups in total. The van der Waals surface area contributed by atoms with Crippen molar-refractivity contribution >= 4 is 0 Å². The van der Waals surface area contributed by atoms with Crippen molar-refractivity contribution in [1.29, 1.82) is 5.26 Å². The molecule has 0 aromatic heterocycles. The van der Waals surface area contributed by atoms with Gasteiger partial charge in [0.25, 0.3) is 0 Å². The number of nitrogens with zero attached hydrogens (tertiary/aromatic N) is 1. The Bertz CT molecular complexity index is 338. The van der Waals surface area contributed by atoms with Crippen LogP contribution in [0.4, 0.5) is 0 Å². The average molecular weight is 174 g/mol. The molecule has 13 heavy (non-hydrogen) atoms. The van der Waals surface area contributed by atoms with Gasteiger partial charge in [-0.05, 0) is 24.1 Å². The number of hydrogen-bond acceptors (Lipinski definition) is 2. The lowest BCUT2D eigenvalue weighted by Crippen LogP contribution is -2.03. The van der Waals surface area contributed by atoms with Crippen molar-refractivity contribution in [2.45, 2.75) is 13.8 Å². The number of nitriles is 1. The van der Waals surface area contributed by atoms with E-state index >= 15 is 0 Å². The molecule has 0 aliphatic carbocycles. The number of rotatable bonds is 2. The average Bonchev–Trinajstić information content (AvgIpc) is 2.17. The van der Waals surface area contributed by atoms with Crippen molar-refractivity contribution in [1.82, 2.24) is 0 Å². The van der Waals surface area contributed by atoms with Gasteiger partial charge < -0.3 is 5.11 Å². The molecule has 0 atom stereocenters. The molecule has 0 bridgehead atoms. The lowest BCUT2D eigenvalue weighted by molar-refractivity contribution is 0.314. The van der Waals surface area contributed by atoms with Crippen LogP contribution < -0.4 is 0 Å². The minimum absolute atomic E-state index is 0.0374. The Balaban J connectivity index is 3.17. The van der Waals surface area contributed by atoms with Gasteiger partial charge in [0, 0.05) is 5.92 Å². The van der Waals surface area contributed by atoms with E-state index in [1.807, 2.05) is 26.0 Å². The van der Waals surface area contributed by atoms with Gasteiger partial charge >= 0.3 is 0 Å². The van der Waals surface area contributed by atoms with E-state index in [1.165, 1.54) is 0 Å². The van der Waals surface area contributed by atoms with Gasteiger partial charge in [0.2, 0.25) is 0 Å². The zero-order valence-electron chi connectivity index (χ0n) is 7.83. The van der Waals surface area contributed by atoms with Crippen molar-refractivity contribution in [2.24, 2.45) is 0 Å². The summed E-state index contributed by atoms with van der Waals surface area (Å²) in [5, 5.41) is 17.7. The summed E-state index contributed by atoms with van der Waals surface area (Å²) in [5.41, 5.74) is 2.59. The molecular weight excluding hydrogens is 162 g/mol. The molecule has 1 aromatic carbocycles. The lowest BCUT2D eigenvalue weighted by atomic mass is 9.94. The van der Waals surface area contributed by atoms with Crippen LogP contribution in [0.1, 0.15) is 23.6 Å². The van der Waals surface area contributed by atoms with Crippen molar-refractivity contribution in [3.05, 3.63) is 40.8 Å². The highest BCUT2D eigenvalue weighted by Gasteiger charge is 2.09. The van der Waals surface area contributed by atoms with E-state index in [0.29, 0.717) is 5.56 Å². The normalized spacial score (nSPS) is 10.1. The van der Waals surface area contributed by atoms with E-state index in [-0.39, 0.29) is 6.61 Å². The number of aliphatic hydroxyl groups excluding tert-OH is 1. The standard InChI is InChI=1S/C11H12NO/c1-8(7-13)11-5-3-4-10(6-12)9(11)2/h3-5,13H,7H2,1-2H3. The van der Waals surface area contributed by atoms with Crippen LogP contribution in [0, 0.1) is 24.2 Å². The molecule has 0 aliphatic heterocycles. The summed E-state index contributed by atoms with van der Waals surface area (Å²) in [6, 6.07) is 7.65. The molecule has 1 rings (SSSR count). The van der Waals surface area contributed by atoms with E-state index in [0.717, 1.165) is 17.0 Å². The molecule has 1 radical (unpaired) electrons. The maximum absolute atomic E-state index is 8.96. The van der Waals surface area contributed by atoms with E-state index in [9.17, 15) is 0 Å². The highest BCUT2D eigenvalue weighted by molar-refractivity contribution is 5.47. The second kappa shape index (κ2) is 4.06. The molecule has 0 saturated heterocycles. The summed E-state index contributed by atoms with van der Waals surface area (Å²) < 4.78 is 0. The van der Waals surface area contributed by atoms with Crippen LogP contribution in [0.25, 0.3) is 0 Å². The molecule has 67 valence electrons. The first-order valence-corrected chi connectivity index (χ1v) is 4.14. The second-order valence-corrected chi connectivity index (χ2v) is 3.03. The quantitative estimate of drug-likeness (QED) is 0.743. The molecule has 0 heterocycles. The van der Waals surface area contributed by atoms with Crippen LogP contribution in [0.5, 0.6) is 0 Å². The minimum Gasteiger partial charge on any atom is -0.395 e. The van der Waals surface area contributed by atoms with E-state index in [2.05, 4.69) is 6.07 Å². The third-order valence-electron chi connectivity index (χ3n) is 2.15. The first kappa shape index (κ1) is 9.76. The molecular formula is C11H12NO. The van der Waals surface area contributed by atoms with Gasteiger partial charge in [0.05, 0.1) is 18.2 Å². The van der Waals surface area contributed by atoms with Gasteiger partial charge in [-0.3, -0.25) is 0 Å². The molecule has 2 nitrogen and oxygen atoms in total. The predicted molar refractivity (Wildman–Crippen MR) is 51.0 cm³/mol. The van der Waals surface area contributed by atoms with E-state index < -0.39 is 0 Å². The van der Waals surface area contributed by atoms with Crippen molar-refractivity contribution in [2.75, 3.05) is 6.61 Å². The Morgan fingerprint density at radius 2 is 2.23 bits per heavy atom. The zero-order valence-corrected chi connectivity index (χ0v) is 7.83. The van der Waals surface area contributed by atoms with Gasteiger partial charge in [-0.15, -0.1) is 0 Å². The van der Waals surface area contributed by atoms with Crippen molar-refractivity contribution in [3.8, 4) is 6.07 Å². The van der Waals surface area contributed by atoms with Gasteiger partial charge in [0.1, 0.15) is 0 Å². The molecule has 0 amide bonds. The zero-order chi connectivity index (χ0) is 9.84. The highest BCUT2D eigenvalue weighted by Crippen LogP contribution is 2.20. The maximum atomic E-state index is 8.96. The maximum Gasteiger partial charge on any atom is 0.0994 e. The van der Waals surface area contributed by atoms with Gasteiger partial charge in [-0.25, -0.2) is 0 Å². The molecule has 0 fully saturated rings. The number of hydrogen-bond donors (Lipinski definition) is 1. The van der Waals surface area contributed by atoms with Gasteiger partial charge in [-0.2, -0.15) is 5.26 Å². The summed E-state index contributed by atoms with van der Waals surface area (Å²) in [5.74, 6) is 0.898. The minimum atomic E-state index is 0.0374. The molecule has 2 heteroatoms. The molecule has 0 unspecified atom stereocenters. The smallest absolute Gasteiger partial charge is 0.0994 e. The fraction of sp³-hybridized carbons (Fsp3) is 0.273. The van der Waals surface area contributed by atoms with Crippen LogP contribution in [0.3, 0.4) is 0 Å². The Labute approximate surface area is 78.4 Å². The topological polar surface area (TPSA) is 44.0 Å². The van der Waals surface area contributed by atoms with Crippen molar-refractivity contribution in [3.63, 3.8) is 0 Å². The Hall–Kier alpha value is -1.33. The highest BCUT2D eigenvalue weighted by atomic mass is 16.3.